The first-order chi connectivity index (χ1) is 31.6. The molecule has 0 aliphatic rings. The van der Waals surface area contributed by atoms with Crippen LogP contribution in [0.3, 0.4) is 0 Å². The van der Waals surface area contributed by atoms with Crippen molar-refractivity contribution in [3.8, 4) is 0 Å². The first-order valence-corrected chi connectivity index (χ1v) is 40.5. The minimum absolute atomic E-state index is 0.552. The van der Waals surface area contributed by atoms with Gasteiger partial charge in [-0.3, -0.25) is 0 Å². The molecule has 6 aromatic carbocycles. The van der Waals surface area contributed by atoms with Crippen LogP contribution in [0.2, 0.25) is 31.5 Å². The van der Waals surface area contributed by atoms with Gasteiger partial charge in [-0.05, 0) is 0 Å². The van der Waals surface area contributed by atoms with E-state index in [4.69, 9.17) is 0 Å². The summed E-state index contributed by atoms with van der Waals surface area (Å²) in [7, 11) is 0. The summed E-state index contributed by atoms with van der Waals surface area (Å²) in [5.41, 5.74) is 0. The maximum absolute atomic E-state index is 2.33. The molecule has 0 atom stereocenters. The third-order valence-corrected chi connectivity index (χ3v) is 36.5. The number of rotatable bonds is 24. The van der Waals surface area contributed by atoms with Gasteiger partial charge in [0.1, 0.15) is 0 Å². The number of benzene rings is 6. The van der Waals surface area contributed by atoms with E-state index < -0.39 is 57.4 Å². The molecule has 0 bridgehead atoms. The zero-order chi connectivity index (χ0) is 45.7. The molecule has 64 heavy (non-hydrogen) atoms. The standard InChI is InChI=1S/2C18H15Ge.2C12H27Ge/c2*1-4-10-16(11-5-1)19(17-12-6-2-7-13-17)18-14-8-3-9-15-18;2*1-4-7-10-13(11-8-5-2)12-9-6-3/h2*1-15H;2*4-12H2,1-3H3. The predicted octanol–water partition coefficient (Wildman–Crippen LogP) is 14.2. The first-order valence-electron chi connectivity index (χ1n) is 25.3. The average Bonchev–Trinajstić information content (AvgIpc) is 3.36. The van der Waals surface area contributed by atoms with Crippen molar-refractivity contribution in [3.05, 3.63) is 182 Å². The van der Waals surface area contributed by atoms with Gasteiger partial charge < -0.3 is 0 Å². The molecule has 4 radical (unpaired) electrons. The first kappa shape index (κ1) is 55.8. The Morgan fingerprint density at radius 1 is 0.219 bits per heavy atom. The van der Waals surface area contributed by atoms with Crippen LogP contribution in [-0.4, -0.2) is 57.4 Å². The Bertz CT molecular complexity index is 1520. The van der Waals surface area contributed by atoms with Gasteiger partial charge in [-0.15, -0.1) is 0 Å². The molecular weight excluding hydrogens is 1010 g/mol. The van der Waals surface area contributed by atoms with Gasteiger partial charge in [0.05, 0.1) is 0 Å². The fourth-order valence-corrected chi connectivity index (χ4v) is 32.6. The minimum atomic E-state index is -1.63. The number of hydrogen-bond acceptors (Lipinski definition) is 0. The van der Waals surface area contributed by atoms with Crippen molar-refractivity contribution in [2.24, 2.45) is 0 Å². The summed E-state index contributed by atoms with van der Waals surface area (Å²) in [4.78, 5) is 0. The van der Waals surface area contributed by atoms with E-state index in [1.807, 2.05) is 0 Å². The Morgan fingerprint density at radius 3 is 0.484 bits per heavy atom. The maximum atomic E-state index is 2.33. The summed E-state index contributed by atoms with van der Waals surface area (Å²) in [6.07, 6.45) is 17.6. The fourth-order valence-electron chi connectivity index (χ4n) is 7.94. The molecule has 0 saturated carbocycles. The molecule has 4 heteroatoms. The molecule has 0 saturated heterocycles. The second-order valence-electron chi connectivity index (χ2n) is 17.1. The van der Waals surface area contributed by atoms with Crippen LogP contribution in [0.1, 0.15) is 119 Å². The van der Waals surface area contributed by atoms with Crippen molar-refractivity contribution >= 4 is 83.8 Å². The van der Waals surface area contributed by atoms with Crippen LogP contribution in [0.15, 0.2) is 182 Å². The van der Waals surface area contributed by atoms with E-state index in [9.17, 15) is 0 Å². The van der Waals surface area contributed by atoms with E-state index in [1.165, 1.54) is 103 Å². The van der Waals surface area contributed by atoms with E-state index in [2.05, 4.69) is 224 Å². The van der Waals surface area contributed by atoms with Gasteiger partial charge in [0.25, 0.3) is 0 Å². The molecule has 6 rings (SSSR count). The third-order valence-electron chi connectivity index (χ3n) is 11.7. The second-order valence-corrected chi connectivity index (χ2v) is 40.1. The zero-order valence-corrected chi connectivity index (χ0v) is 49.4. The Balaban J connectivity index is 0.000000232. The molecule has 0 aromatic heterocycles. The molecule has 0 fully saturated rings. The van der Waals surface area contributed by atoms with Crippen LogP contribution >= 0.6 is 0 Å². The summed E-state index contributed by atoms with van der Waals surface area (Å²) in [6, 6.07) is 65.6. The molecule has 0 spiro atoms. The monoisotopic (exact) mass is 1100 g/mol. The van der Waals surface area contributed by atoms with E-state index in [-0.39, 0.29) is 0 Å². The van der Waals surface area contributed by atoms with Gasteiger partial charge in [0.15, 0.2) is 0 Å². The Labute approximate surface area is 412 Å². The molecule has 6 aromatic rings. The molecule has 0 heterocycles. The predicted molar refractivity (Wildman–Crippen MR) is 298 cm³/mol. The SMILES string of the molecule is CCC[CH2][Ge]([CH2]CCC)[CH2]CCC.CCC[CH2][Ge]([CH2]CCC)[CH2]CCC.c1cc[c]([Ge]([c]2ccccc2)[c]2ccccc2)cc1.c1cc[c]([Ge]([c]2ccccc2)[c]2ccccc2)cc1. The summed E-state index contributed by atoms with van der Waals surface area (Å²) in [5.74, 6) is 0. The zero-order valence-electron chi connectivity index (χ0n) is 41.0. The fraction of sp³-hybridized carbons (Fsp3) is 0.400. The van der Waals surface area contributed by atoms with Gasteiger partial charge >= 0.3 is 416 Å². The molecular formula is C60H84Ge4. The number of unbranched alkanes of at least 4 members (excludes halogenated alkanes) is 6. The molecule has 0 nitrogen and oxygen atoms in total. The average molecular weight is 1100 g/mol. The van der Waals surface area contributed by atoms with Crippen LogP contribution in [0, 0.1) is 0 Å². The van der Waals surface area contributed by atoms with E-state index in [1.54, 1.807) is 31.5 Å². The summed E-state index contributed by atoms with van der Waals surface area (Å²) >= 11 is -4.37. The molecule has 0 unspecified atom stereocenters. The topological polar surface area (TPSA) is 0 Å². The quantitative estimate of drug-likeness (QED) is 0.0530. The van der Waals surface area contributed by atoms with Crippen molar-refractivity contribution in [2.75, 3.05) is 0 Å². The third kappa shape index (κ3) is 23.3. The Morgan fingerprint density at radius 2 is 0.359 bits per heavy atom. The van der Waals surface area contributed by atoms with Gasteiger partial charge in [-0.2, -0.15) is 0 Å². The van der Waals surface area contributed by atoms with Crippen molar-refractivity contribution in [2.45, 2.75) is 150 Å². The Kier molecular flexibility index (Phi) is 32.8. The van der Waals surface area contributed by atoms with Crippen molar-refractivity contribution in [1.29, 1.82) is 0 Å². The molecule has 340 valence electrons. The van der Waals surface area contributed by atoms with E-state index in [0.717, 1.165) is 0 Å². The number of hydrogen-bond donors (Lipinski definition) is 0. The second kappa shape index (κ2) is 37.6. The molecule has 0 aliphatic carbocycles. The van der Waals surface area contributed by atoms with Gasteiger partial charge in [0, 0.05) is 0 Å². The Hall–Kier alpha value is -2.51. The van der Waals surface area contributed by atoms with Crippen molar-refractivity contribution in [3.63, 3.8) is 0 Å². The van der Waals surface area contributed by atoms with Gasteiger partial charge in [-0.25, -0.2) is 0 Å². The van der Waals surface area contributed by atoms with Gasteiger partial charge in [0.2, 0.25) is 0 Å². The summed E-state index contributed by atoms with van der Waals surface area (Å²) in [5, 5.41) is 9.90. The van der Waals surface area contributed by atoms with Crippen molar-refractivity contribution < 1.29 is 0 Å². The van der Waals surface area contributed by atoms with Crippen LogP contribution < -0.4 is 26.4 Å². The normalized spacial score (nSPS) is 10.8. The van der Waals surface area contributed by atoms with Crippen LogP contribution in [-0.2, 0) is 0 Å². The van der Waals surface area contributed by atoms with E-state index in [0.29, 0.717) is 0 Å². The van der Waals surface area contributed by atoms with E-state index >= 15 is 0 Å². The molecule has 0 N–H and O–H groups in total. The molecule has 0 amide bonds. The molecule has 0 aliphatic heterocycles. The van der Waals surface area contributed by atoms with Crippen LogP contribution in [0.4, 0.5) is 0 Å². The van der Waals surface area contributed by atoms with Crippen molar-refractivity contribution in [1.82, 2.24) is 0 Å². The summed E-state index contributed by atoms with van der Waals surface area (Å²) in [6.45, 7) is 14.0. The summed E-state index contributed by atoms with van der Waals surface area (Å²) < 4.78 is 9.00. The van der Waals surface area contributed by atoms with Gasteiger partial charge in [-0.1, -0.05) is 0 Å². The van der Waals surface area contributed by atoms with Crippen LogP contribution in [0.5, 0.6) is 0 Å². The van der Waals surface area contributed by atoms with Crippen LogP contribution in [0.25, 0.3) is 0 Å².